The van der Waals surface area contributed by atoms with Gasteiger partial charge in [0.15, 0.2) is 0 Å². The topological polar surface area (TPSA) is 130 Å². The molecule has 0 heterocycles. The van der Waals surface area contributed by atoms with Crippen LogP contribution in [0.3, 0.4) is 0 Å². The maximum Gasteiger partial charge on any atom is 0.417 e. The van der Waals surface area contributed by atoms with E-state index >= 15 is 0 Å². The van der Waals surface area contributed by atoms with Crippen molar-refractivity contribution in [1.29, 1.82) is 0 Å². The summed E-state index contributed by atoms with van der Waals surface area (Å²) < 4.78 is 55.6. The molecule has 12 heteroatoms. The molecular weight excluding hydrogens is 476 g/mol. The predicted molar refractivity (Wildman–Crippen MR) is 122 cm³/mol. The number of phenols is 1. The highest BCUT2D eigenvalue weighted by Gasteiger charge is 2.38. The second-order valence-electron chi connectivity index (χ2n) is 6.90. The maximum atomic E-state index is 14.0. The Hall–Kier alpha value is -4.19. The fourth-order valence-electron chi connectivity index (χ4n) is 3.20. The Morgan fingerprint density at radius 3 is 2.24 bits per heavy atom. The summed E-state index contributed by atoms with van der Waals surface area (Å²) in [5, 5.41) is 14.8. The molecule has 0 atom stereocenters. The number of rotatable bonds is 4. The van der Waals surface area contributed by atoms with E-state index in [1.54, 1.807) is 0 Å². The summed E-state index contributed by atoms with van der Waals surface area (Å²) in [7, 11) is 0. The molecule has 7 nitrogen and oxygen atoms in total. The number of para-hydroxylation sites is 1. The lowest BCUT2D eigenvalue weighted by Gasteiger charge is -2.20. The van der Waals surface area contributed by atoms with Crippen LogP contribution < -0.4 is 22.1 Å². The Labute approximate surface area is 195 Å². The van der Waals surface area contributed by atoms with E-state index in [-0.39, 0.29) is 22.4 Å². The van der Waals surface area contributed by atoms with E-state index in [0.29, 0.717) is 6.07 Å². The summed E-state index contributed by atoms with van der Waals surface area (Å²) >= 11 is 4.79. The fraction of sp³-hybridized carbons (Fsp3) is 0.0455. The van der Waals surface area contributed by atoms with Crippen molar-refractivity contribution in [1.82, 2.24) is 5.32 Å². The summed E-state index contributed by atoms with van der Waals surface area (Å²) in [6.45, 7) is 0. The third kappa shape index (κ3) is 4.91. The van der Waals surface area contributed by atoms with E-state index < -0.39 is 51.5 Å². The quantitative estimate of drug-likeness (QED) is 0.160. The first-order chi connectivity index (χ1) is 15.9. The summed E-state index contributed by atoms with van der Waals surface area (Å²) in [5.41, 5.74) is 7.44. The van der Waals surface area contributed by atoms with Crippen LogP contribution in [-0.2, 0) is 6.18 Å². The first-order valence-electron chi connectivity index (χ1n) is 9.40. The van der Waals surface area contributed by atoms with E-state index in [0.717, 1.165) is 6.07 Å². The van der Waals surface area contributed by atoms with Crippen molar-refractivity contribution >= 4 is 40.5 Å². The number of halogens is 4. The standard InChI is InChI=1S/C22H16F4N4O3S/c23-14-7-3-1-6-11(14)19(32)29-15-8-4-2-5-10(15)12-9-13(22(24,25)26)16(18(31)17(12)27)20(34)30-21(28)33/h1-9,31H,27H2,(H,29,32)(H3,28,30,33,34). The average Bonchev–Trinajstić information content (AvgIpc) is 2.75. The van der Waals surface area contributed by atoms with Gasteiger partial charge in [0.1, 0.15) is 16.6 Å². The number of hydrogen-bond acceptors (Lipinski definition) is 5. The van der Waals surface area contributed by atoms with Crippen molar-refractivity contribution < 1.29 is 32.3 Å². The number of phenolic OH excluding ortho intramolecular Hbond substituents is 1. The highest BCUT2D eigenvalue weighted by molar-refractivity contribution is 7.80. The minimum absolute atomic E-state index is 0.000523. The van der Waals surface area contributed by atoms with Gasteiger partial charge < -0.3 is 21.9 Å². The van der Waals surface area contributed by atoms with Crippen molar-refractivity contribution in [2.45, 2.75) is 6.18 Å². The number of aromatic hydroxyl groups is 1. The van der Waals surface area contributed by atoms with Crippen molar-refractivity contribution in [3.63, 3.8) is 0 Å². The predicted octanol–water partition coefficient (Wildman–Crippen LogP) is 4.40. The van der Waals surface area contributed by atoms with Gasteiger partial charge in [0.25, 0.3) is 5.91 Å². The van der Waals surface area contributed by atoms with E-state index in [2.05, 4.69) is 5.32 Å². The van der Waals surface area contributed by atoms with Crippen molar-refractivity contribution in [3.8, 4) is 16.9 Å². The number of carbonyl (C=O) groups excluding carboxylic acids is 2. The van der Waals surface area contributed by atoms with Gasteiger partial charge in [-0.3, -0.25) is 10.1 Å². The molecule has 0 aliphatic heterocycles. The second kappa shape index (κ2) is 9.35. The number of nitrogens with two attached hydrogens (primary N) is 2. The van der Waals surface area contributed by atoms with Gasteiger partial charge in [0.05, 0.1) is 22.4 Å². The zero-order chi connectivity index (χ0) is 25.2. The Morgan fingerprint density at radius 2 is 1.62 bits per heavy atom. The van der Waals surface area contributed by atoms with E-state index in [1.807, 2.05) is 5.32 Å². The zero-order valence-corrected chi connectivity index (χ0v) is 17.9. The molecule has 0 fully saturated rings. The average molecular weight is 492 g/mol. The number of thiocarbonyl (C=S) groups is 1. The molecule has 3 amide bonds. The number of carbonyl (C=O) groups is 2. The molecule has 0 spiro atoms. The van der Waals surface area contributed by atoms with Crippen LogP contribution in [-0.4, -0.2) is 22.0 Å². The van der Waals surface area contributed by atoms with Gasteiger partial charge in [-0.15, -0.1) is 0 Å². The maximum absolute atomic E-state index is 14.0. The van der Waals surface area contributed by atoms with Crippen LogP contribution in [0, 0.1) is 5.82 Å². The molecule has 0 aliphatic rings. The molecule has 34 heavy (non-hydrogen) atoms. The number of amides is 3. The van der Waals surface area contributed by atoms with Crippen LogP contribution in [0.4, 0.5) is 33.7 Å². The minimum atomic E-state index is -5.02. The Balaban J connectivity index is 2.17. The molecule has 3 aromatic rings. The number of urea groups is 1. The molecule has 3 aromatic carbocycles. The smallest absolute Gasteiger partial charge is 0.417 e. The van der Waals surface area contributed by atoms with Crippen molar-refractivity contribution in [2.75, 3.05) is 11.1 Å². The highest BCUT2D eigenvalue weighted by atomic mass is 32.1. The fourth-order valence-corrected chi connectivity index (χ4v) is 3.50. The van der Waals surface area contributed by atoms with Gasteiger partial charge >= 0.3 is 12.2 Å². The van der Waals surface area contributed by atoms with Gasteiger partial charge in [0, 0.05) is 16.8 Å². The molecule has 3 rings (SSSR count). The van der Waals surface area contributed by atoms with Crippen LogP contribution >= 0.6 is 12.2 Å². The van der Waals surface area contributed by atoms with Crippen LogP contribution in [0.15, 0.2) is 54.6 Å². The van der Waals surface area contributed by atoms with Gasteiger partial charge in [-0.05, 0) is 24.3 Å². The van der Waals surface area contributed by atoms with E-state index in [4.69, 9.17) is 23.7 Å². The number of nitrogen functional groups attached to an aromatic ring is 1. The summed E-state index contributed by atoms with van der Waals surface area (Å²) in [5.74, 6) is -2.69. The van der Waals surface area contributed by atoms with Crippen molar-refractivity contribution in [2.24, 2.45) is 5.73 Å². The number of anilines is 2. The lowest BCUT2D eigenvalue weighted by atomic mass is 9.94. The summed E-state index contributed by atoms with van der Waals surface area (Å²) in [6.07, 6.45) is -5.02. The molecule has 0 saturated carbocycles. The summed E-state index contributed by atoms with van der Waals surface area (Å²) in [4.78, 5) is 22.9. The molecule has 176 valence electrons. The van der Waals surface area contributed by atoms with Crippen molar-refractivity contribution in [3.05, 3.63) is 77.1 Å². The van der Waals surface area contributed by atoms with Gasteiger partial charge in [0.2, 0.25) is 0 Å². The first kappa shape index (κ1) is 24.5. The number of hydrogen-bond donors (Lipinski definition) is 5. The van der Waals surface area contributed by atoms with Crippen LogP contribution in [0.25, 0.3) is 11.1 Å². The normalized spacial score (nSPS) is 11.1. The van der Waals surface area contributed by atoms with Crippen LogP contribution in [0.1, 0.15) is 21.5 Å². The second-order valence-corrected chi connectivity index (χ2v) is 7.31. The Morgan fingerprint density at radius 1 is 1.00 bits per heavy atom. The number of nitrogens with one attached hydrogen (secondary N) is 2. The summed E-state index contributed by atoms with van der Waals surface area (Å²) in [6, 6.07) is 10.2. The van der Waals surface area contributed by atoms with Gasteiger partial charge in [-0.1, -0.05) is 42.5 Å². The molecule has 0 unspecified atom stereocenters. The van der Waals surface area contributed by atoms with Crippen LogP contribution in [0.5, 0.6) is 5.75 Å². The lowest BCUT2D eigenvalue weighted by Crippen LogP contribution is -2.35. The number of alkyl halides is 3. The Kier molecular flexibility index (Phi) is 6.73. The van der Waals surface area contributed by atoms with Gasteiger partial charge in [-0.2, -0.15) is 13.2 Å². The largest absolute Gasteiger partial charge is 0.505 e. The number of primary amides is 1. The Bertz CT molecular complexity index is 1310. The SMILES string of the molecule is NC(=O)NC(=S)c1c(C(F)(F)F)cc(-c2ccccc2NC(=O)c2ccccc2F)c(N)c1O. The third-order valence-corrected chi connectivity index (χ3v) is 5.00. The van der Waals surface area contributed by atoms with E-state index in [1.165, 1.54) is 42.5 Å². The number of benzene rings is 3. The molecule has 0 saturated heterocycles. The molecule has 0 radical (unpaired) electrons. The monoisotopic (exact) mass is 492 g/mol. The zero-order valence-electron chi connectivity index (χ0n) is 17.0. The third-order valence-electron chi connectivity index (χ3n) is 4.69. The molecule has 0 aromatic heterocycles. The highest BCUT2D eigenvalue weighted by Crippen LogP contribution is 2.45. The minimum Gasteiger partial charge on any atom is -0.505 e. The van der Waals surface area contributed by atoms with Crippen LogP contribution in [0.2, 0.25) is 0 Å². The molecular formula is C22H16F4N4O3S. The molecule has 0 bridgehead atoms. The molecule has 7 N–H and O–H groups in total. The first-order valence-corrected chi connectivity index (χ1v) is 9.81. The molecule has 0 aliphatic carbocycles. The lowest BCUT2D eigenvalue weighted by molar-refractivity contribution is -0.137. The van der Waals surface area contributed by atoms with Gasteiger partial charge in [-0.25, -0.2) is 9.18 Å². The van der Waals surface area contributed by atoms with E-state index in [9.17, 15) is 32.3 Å².